The zero-order chi connectivity index (χ0) is 22.5. The van der Waals surface area contributed by atoms with Gasteiger partial charge in [-0.2, -0.15) is 0 Å². The third kappa shape index (κ3) is 3.97. The zero-order valence-electron chi connectivity index (χ0n) is 15.7. The minimum absolute atomic E-state index is 0.0109. The van der Waals surface area contributed by atoms with Gasteiger partial charge in [-0.15, -0.1) is 0 Å². The zero-order valence-corrected chi connectivity index (χ0v) is 19.6. The molecule has 31 heavy (non-hydrogen) atoms. The highest BCUT2D eigenvalue weighted by atomic mass is 35.5. The molecule has 4 aromatic rings. The molecule has 0 aliphatic rings. The van der Waals surface area contributed by atoms with Crippen LogP contribution in [0.25, 0.3) is 33.4 Å². The van der Waals surface area contributed by atoms with Crippen LogP contribution in [0.3, 0.4) is 0 Å². The molecule has 4 nitrogen and oxygen atoms in total. The molecule has 0 atom stereocenters. The van der Waals surface area contributed by atoms with Crippen LogP contribution in [0.4, 0.5) is 0 Å². The molecule has 0 amide bonds. The molecule has 0 bridgehead atoms. The molecule has 0 aliphatic carbocycles. The van der Waals surface area contributed by atoms with Gasteiger partial charge in [0, 0.05) is 17.4 Å². The van der Waals surface area contributed by atoms with E-state index in [9.17, 15) is 13.2 Å². The minimum Gasteiger partial charge on any atom is -0.455 e. The van der Waals surface area contributed by atoms with E-state index in [0.29, 0.717) is 16.5 Å². The van der Waals surface area contributed by atoms with Crippen molar-refractivity contribution >= 4 is 67.2 Å². The third-order valence-corrected chi connectivity index (χ3v) is 7.59. The Morgan fingerprint density at radius 2 is 1.48 bits per heavy atom. The summed E-state index contributed by atoms with van der Waals surface area (Å²) in [7, 11) is -3.39. The van der Waals surface area contributed by atoms with E-state index in [2.05, 4.69) is 0 Å². The molecule has 0 fully saturated rings. The minimum atomic E-state index is -3.39. The van der Waals surface area contributed by atoms with Crippen molar-refractivity contribution in [3.8, 4) is 22.5 Å². The molecule has 0 radical (unpaired) electrons. The molecule has 1 heterocycles. The van der Waals surface area contributed by atoms with E-state index in [1.54, 1.807) is 36.4 Å². The van der Waals surface area contributed by atoms with Crippen molar-refractivity contribution in [2.75, 3.05) is 6.26 Å². The van der Waals surface area contributed by atoms with Crippen molar-refractivity contribution in [3.63, 3.8) is 0 Å². The fourth-order valence-corrected chi connectivity index (χ4v) is 4.73. The Bertz CT molecular complexity index is 1510. The molecular weight excluding hydrogens is 502 g/mol. The van der Waals surface area contributed by atoms with Gasteiger partial charge in [-0.05, 0) is 42.5 Å². The highest BCUT2D eigenvalue weighted by molar-refractivity contribution is 7.90. The van der Waals surface area contributed by atoms with E-state index in [4.69, 9.17) is 50.8 Å². The molecule has 0 N–H and O–H groups in total. The highest BCUT2D eigenvalue weighted by Crippen LogP contribution is 2.44. The van der Waals surface area contributed by atoms with Gasteiger partial charge in [-0.1, -0.05) is 58.5 Å². The van der Waals surface area contributed by atoms with E-state index in [0.717, 1.165) is 6.26 Å². The quantitative estimate of drug-likeness (QED) is 0.215. The van der Waals surface area contributed by atoms with Crippen molar-refractivity contribution in [1.29, 1.82) is 0 Å². The Hall–Kier alpha value is -2.02. The largest absolute Gasteiger partial charge is 0.455 e. The number of halogens is 4. The maximum atomic E-state index is 13.5. The average molecular weight is 514 g/mol. The Morgan fingerprint density at radius 1 is 0.839 bits per heavy atom. The number of hydrogen-bond donors (Lipinski definition) is 0. The summed E-state index contributed by atoms with van der Waals surface area (Å²) in [5.41, 5.74) is 0.878. The SMILES string of the molecule is CS(=O)(=O)c1ccc(-c2oc3ccccc3c(=O)c2-c2cc(Cl)c(Cl)c(Cl)c2Cl)cc1. The molecule has 3 aromatic carbocycles. The molecule has 0 spiro atoms. The number of benzene rings is 3. The lowest BCUT2D eigenvalue weighted by atomic mass is 9.98. The normalized spacial score (nSPS) is 11.8. The van der Waals surface area contributed by atoms with Gasteiger partial charge in [0.05, 0.1) is 35.9 Å². The smallest absolute Gasteiger partial charge is 0.201 e. The molecule has 158 valence electrons. The predicted molar refractivity (Wildman–Crippen MR) is 127 cm³/mol. The summed E-state index contributed by atoms with van der Waals surface area (Å²) in [6.07, 6.45) is 1.11. The summed E-state index contributed by atoms with van der Waals surface area (Å²) in [5.74, 6) is 0.195. The Kier molecular flexibility index (Phi) is 5.83. The van der Waals surface area contributed by atoms with Crippen LogP contribution in [0.1, 0.15) is 0 Å². The lowest BCUT2D eigenvalue weighted by molar-refractivity contribution is 0.601. The maximum Gasteiger partial charge on any atom is 0.201 e. The third-order valence-electron chi connectivity index (χ3n) is 4.71. The molecule has 0 saturated heterocycles. The Morgan fingerprint density at radius 3 is 2.13 bits per heavy atom. The number of fused-ring (bicyclic) bond motifs is 1. The lowest BCUT2D eigenvalue weighted by Crippen LogP contribution is -2.08. The monoisotopic (exact) mass is 512 g/mol. The van der Waals surface area contributed by atoms with Gasteiger partial charge >= 0.3 is 0 Å². The van der Waals surface area contributed by atoms with Crippen molar-refractivity contribution in [1.82, 2.24) is 0 Å². The summed E-state index contributed by atoms with van der Waals surface area (Å²) < 4.78 is 29.7. The molecular formula is C22H12Cl4O4S. The lowest BCUT2D eigenvalue weighted by Gasteiger charge is -2.14. The van der Waals surface area contributed by atoms with Crippen molar-refractivity contribution in [2.45, 2.75) is 4.90 Å². The summed E-state index contributed by atoms with van der Waals surface area (Å²) in [6, 6.07) is 14.2. The van der Waals surface area contributed by atoms with Crippen LogP contribution in [0.2, 0.25) is 20.1 Å². The fourth-order valence-electron chi connectivity index (χ4n) is 3.20. The summed E-state index contributed by atoms with van der Waals surface area (Å²) in [5, 5.41) is 0.593. The van der Waals surface area contributed by atoms with E-state index >= 15 is 0 Å². The number of hydrogen-bond acceptors (Lipinski definition) is 4. The van der Waals surface area contributed by atoms with Crippen LogP contribution in [-0.2, 0) is 9.84 Å². The topological polar surface area (TPSA) is 64.3 Å². The van der Waals surface area contributed by atoms with Crippen molar-refractivity contribution < 1.29 is 12.8 Å². The van der Waals surface area contributed by atoms with Gasteiger partial charge in [0.25, 0.3) is 0 Å². The van der Waals surface area contributed by atoms with Crippen LogP contribution in [0, 0.1) is 0 Å². The predicted octanol–water partition coefficient (Wildman–Crippen LogP) is 7.14. The standard InChI is InChI=1S/C22H12Cl4O4S/c1-31(28,29)12-8-6-11(7-9-12)22-17(14-10-15(23)19(25)20(26)18(14)24)21(27)13-4-2-3-5-16(13)30-22/h2-10H,1H3. The fraction of sp³-hybridized carbons (Fsp3) is 0.0455. The molecule has 1 aromatic heterocycles. The first-order valence-corrected chi connectivity index (χ1v) is 12.2. The van der Waals surface area contributed by atoms with Crippen LogP contribution in [0.15, 0.2) is 68.7 Å². The van der Waals surface area contributed by atoms with Gasteiger partial charge < -0.3 is 4.42 Å². The Balaban J connectivity index is 2.11. The summed E-state index contributed by atoms with van der Waals surface area (Å²) in [6.45, 7) is 0. The summed E-state index contributed by atoms with van der Waals surface area (Å²) >= 11 is 25.0. The van der Waals surface area contributed by atoms with Gasteiger partial charge in [-0.25, -0.2) is 8.42 Å². The van der Waals surface area contributed by atoms with Crippen molar-refractivity contribution in [3.05, 3.63) is 84.9 Å². The molecule has 0 unspecified atom stereocenters. The molecule has 0 saturated carbocycles. The van der Waals surface area contributed by atoms with Gasteiger partial charge in [0.2, 0.25) is 5.43 Å². The first-order chi connectivity index (χ1) is 14.6. The van der Waals surface area contributed by atoms with Gasteiger partial charge in [-0.3, -0.25) is 4.79 Å². The maximum absolute atomic E-state index is 13.5. The second kappa shape index (κ2) is 8.15. The highest BCUT2D eigenvalue weighted by Gasteiger charge is 2.23. The van der Waals surface area contributed by atoms with Crippen LogP contribution in [-0.4, -0.2) is 14.7 Å². The number of para-hydroxylation sites is 1. The van der Waals surface area contributed by atoms with E-state index in [-0.39, 0.29) is 47.3 Å². The van der Waals surface area contributed by atoms with Gasteiger partial charge in [0.1, 0.15) is 11.3 Å². The second-order valence-electron chi connectivity index (χ2n) is 6.78. The number of sulfone groups is 1. The van der Waals surface area contributed by atoms with Crippen LogP contribution >= 0.6 is 46.4 Å². The van der Waals surface area contributed by atoms with Crippen LogP contribution in [0.5, 0.6) is 0 Å². The average Bonchev–Trinajstić information content (AvgIpc) is 2.74. The van der Waals surface area contributed by atoms with Crippen LogP contribution < -0.4 is 5.43 Å². The van der Waals surface area contributed by atoms with E-state index in [1.165, 1.54) is 18.2 Å². The van der Waals surface area contributed by atoms with Gasteiger partial charge in [0.15, 0.2) is 9.84 Å². The van der Waals surface area contributed by atoms with E-state index < -0.39 is 9.84 Å². The first-order valence-electron chi connectivity index (χ1n) is 8.79. The van der Waals surface area contributed by atoms with E-state index in [1.807, 2.05) is 0 Å². The van der Waals surface area contributed by atoms with Crippen molar-refractivity contribution in [2.24, 2.45) is 0 Å². The Labute approximate surface area is 197 Å². The molecule has 0 aliphatic heterocycles. The number of rotatable bonds is 3. The first kappa shape index (κ1) is 22.2. The second-order valence-corrected chi connectivity index (χ2v) is 10.3. The molecule has 4 rings (SSSR count). The summed E-state index contributed by atoms with van der Waals surface area (Å²) in [4.78, 5) is 13.6. The molecule has 9 heteroatoms.